The van der Waals surface area contributed by atoms with Gasteiger partial charge in [-0.25, -0.2) is 9.97 Å². The van der Waals surface area contributed by atoms with Gasteiger partial charge in [0.05, 0.1) is 27.5 Å². The first kappa shape index (κ1) is 23.3. The van der Waals surface area contributed by atoms with Gasteiger partial charge in [0.1, 0.15) is 10.7 Å². The van der Waals surface area contributed by atoms with E-state index >= 15 is 0 Å². The highest BCUT2D eigenvalue weighted by molar-refractivity contribution is 7.20. The fourth-order valence-corrected chi connectivity index (χ4v) is 5.62. The van der Waals surface area contributed by atoms with Crippen molar-refractivity contribution in [3.05, 3.63) is 72.0 Å². The molecule has 0 bridgehead atoms. The van der Waals surface area contributed by atoms with Crippen molar-refractivity contribution in [1.82, 2.24) is 19.9 Å². The highest BCUT2D eigenvalue weighted by atomic mass is 32.1. The summed E-state index contributed by atoms with van der Waals surface area (Å²) < 4.78 is 0. The van der Waals surface area contributed by atoms with Gasteiger partial charge in [0.15, 0.2) is 0 Å². The van der Waals surface area contributed by atoms with Crippen molar-refractivity contribution in [3.8, 4) is 0 Å². The number of thiazole rings is 1. The average Bonchev–Trinajstić information content (AvgIpc) is 3.34. The van der Waals surface area contributed by atoms with Gasteiger partial charge >= 0.3 is 0 Å². The third-order valence-corrected chi connectivity index (χ3v) is 7.67. The number of carbonyl (C=O) groups is 1. The van der Waals surface area contributed by atoms with E-state index in [0.29, 0.717) is 39.6 Å². The molecule has 0 radical (unpaired) electrons. The van der Waals surface area contributed by atoms with Crippen molar-refractivity contribution in [2.45, 2.75) is 47.2 Å². The van der Waals surface area contributed by atoms with Crippen molar-refractivity contribution >= 4 is 44.5 Å². The van der Waals surface area contributed by atoms with Gasteiger partial charge in [-0.2, -0.15) is 0 Å². The number of H-pyrrole nitrogens is 1. The van der Waals surface area contributed by atoms with Crippen LogP contribution in [0.25, 0.3) is 10.2 Å². The van der Waals surface area contributed by atoms with Crippen LogP contribution in [0.2, 0.25) is 0 Å². The minimum absolute atomic E-state index is 0.218. The van der Waals surface area contributed by atoms with Crippen LogP contribution in [-0.4, -0.2) is 32.8 Å². The van der Waals surface area contributed by atoms with Crippen molar-refractivity contribution < 1.29 is 4.79 Å². The lowest BCUT2D eigenvalue weighted by atomic mass is 10.1. The van der Waals surface area contributed by atoms with E-state index in [1.807, 2.05) is 39.1 Å². The number of carbonyl (C=O) groups excluding carboxylic acids is 1. The highest BCUT2D eigenvalue weighted by Gasteiger charge is 2.20. The van der Waals surface area contributed by atoms with E-state index in [0.717, 1.165) is 33.9 Å². The number of hydrogen-bond acceptors (Lipinski definition) is 7. The molecule has 0 aliphatic rings. The SMILES string of the molecule is CCc1nc(CN(C)Cc2nc3sc(C(=O)Nc4ccc(C)cc4C)c(C)c3c(=O)[nH]2)cs1. The molecule has 172 valence electrons. The molecule has 33 heavy (non-hydrogen) atoms. The van der Waals surface area contributed by atoms with Gasteiger partial charge in [0, 0.05) is 17.6 Å². The molecule has 4 aromatic rings. The van der Waals surface area contributed by atoms with Gasteiger partial charge < -0.3 is 10.3 Å². The Morgan fingerprint density at radius 1 is 1.18 bits per heavy atom. The molecule has 7 nitrogen and oxygen atoms in total. The lowest BCUT2D eigenvalue weighted by molar-refractivity contribution is 0.103. The minimum atomic E-state index is -0.226. The molecular weight excluding hydrogens is 454 g/mol. The molecule has 1 aromatic carbocycles. The monoisotopic (exact) mass is 481 g/mol. The number of thiophene rings is 1. The predicted octanol–water partition coefficient (Wildman–Crippen LogP) is 4.81. The minimum Gasteiger partial charge on any atom is -0.321 e. The number of anilines is 1. The summed E-state index contributed by atoms with van der Waals surface area (Å²) in [7, 11) is 1.97. The number of fused-ring (bicyclic) bond motifs is 1. The van der Waals surface area contributed by atoms with Crippen LogP contribution in [0.1, 0.15) is 49.8 Å². The molecule has 3 heterocycles. The molecule has 0 saturated heterocycles. The average molecular weight is 482 g/mol. The normalized spacial score (nSPS) is 11.5. The van der Waals surface area contributed by atoms with Gasteiger partial charge in [-0.05, 0) is 51.4 Å². The third kappa shape index (κ3) is 5.05. The van der Waals surface area contributed by atoms with Gasteiger partial charge in [-0.3, -0.25) is 14.5 Å². The molecule has 2 N–H and O–H groups in total. The zero-order chi connectivity index (χ0) is 23.7. The van der Waals surface area contributed by atoms with Crippen LogP contribution in [0.4, 0.5) is 5.69 Å². The maximum Gasteiger partial charge on any atom is 0.266 e. The summed E-state index contributed by atoms with van der Waals surface area (Å²) in [6.45, 7) is 9.02. The molecule has 0 spiro atoms. The second-order valence-electron chi connectivity index (χ2n) is 8.28. The molecule has 0 unspecified atom stereocenters. The molecule has 4 rings (SSSR count). The van der Waals surface area contributed by atoms with E-state index in [1.165, 1.54) is 11.3 Å². The number of amides is 1. The Labute approximate surface area is 200 Å². The molecule has 9 heteroatoms. The Kier molecular flexibility index (Phi) is 6.73. The van der Waals surface area contributed by atoms with Crippen molar-refractivity contribution in [1.29, 1.82) is 0 Å². The molecule has 3 aromatic heterocycles. The number of aromatic nitrogens is 3. The summed E-state index contributed by atoms with van der Waals surface area (Å²) in [5.74, 6) is 0.347. The zero-order valence-corrected chi connectivity index (χ0v) is 21.0. The van der Waals surface area contributed by atoms with Gasteiger partial charge in [0.2, 0.25) is 0 Å². The molecular formula is C24H27N5O2S2. The van der Waals surface area contributed by atoms with E-state index in [1.54, 1.807) is 18.3 Å². The predicted molar refractivity (Wildman–Crippen MR) is 136 cm³/mol. The Morgan fingerprint density at radius 3 is 2.67 bits per heavy atom. The first-order valence-corrected chi connectivity index (χ1v) is 12.5. The molecule has 1 amide bonds. The van der Waals surface area contributed by atoms with Gasteiger partial charge in [-0.15, -0.1) is 22.7 Å². The van der Waals surface area contributed by atoms with Crippen LogP contribution in [0.5, 0.6) is 0 Å². The van der Waals surface area contributed by atoms with Crippen LogP contribution >= 0.6 is 22.7 Å². The van der Waals surface area contributed by atoms with E-state index in [2.05, 4.69) is 37.5 Å². The van der Waals surface area contributed by atoms with Crippen LogP contribution in [0.15, 0.2) is 28.4 Å². The first-order chi connectivity index (χ1) is 15.7. The topological polar surface area (TPSA) is 91.0 Å². The molecule has 0 atom stereocenters. The van der Waals surface area contributed by atoms with Crippen molar-refractivity contribution in [2.24, 2.45) is 0 Å². The van der Waals surface area contributed by atoms with Crippen LogP contribution < -0.4 is 10.9 Å². The number of nitrogens with zero attached hydrogens (tertiary/aromatic N) is 3. The second-order valence-corrected chi connectivity index (χ2v) is 10.2. The third-order valence-electron chi connectivity index (χ3n) is 5.44. The lowest BCUT2D eigenvalue weighted by Crippen LogP contribution is -2.22. The second kappa shape index (κ2) is 9.54. The summed E-state index contributed by atoms with van der Waals surface area (Å²) in [4.78, 5) is 41.1. The number of aryl methyl sites for hydroxylation is 4. The zero-order valence-electron chi connectivity index (χ0n) is 19.4. The van der Waals surface area contributed by atoms with E-state index in [4.69, 9.17) is 0 Å². The Morgan fingerprint density at radius 2 is 1.97 bits per heavy atom. The quantitative estimate of drug-likeness (QED) is 0.395. The Balaban J connectivity index is 1.56. The smallest absolute Gasteiger partial charge is 0.266 e. The summed E-state index contributed by atoms with van der Waals surface area (Å²) in [6, 6.07) is 5.89. The van der Waals surface area contributed by atoms with Crippen molar-refractivity contribution in [3.63, 3.8) is 0 Å². The highest BCUT2D eigenvalue weighted by Crippen LogP contribution is 2.28. The molecule has 0 aliphatic carbocycles. The van der Waals surface area contributed by atoms with Crippen LogP contribution in [0, 0.1) is 20.8 Å². The molecule has 0 fully saturated rings. The molecule has 0 aliphatic heterocycles. The standard InChI is InChI=1S/C24H27N5O2S2/c1-6-19-25-16(12-32-19)10-29(5)11-18-27-22(30)20-15(4)21(33-24(20)28-18)23(31)26-17-8-7-13(2)9-14(17)3/h7-9,12H,6,10-11H2,1-5H3,(H,26,31)(H,27,28,30). The maximum absolute atomic E-state index is 13.0. The lowest BCUT2D eigenvalue weighted by Gasteiger charge is -2.14. The van der Waals surface area contributed by atoms with Crippen LogP contribution in [-0.2, 0) is 19.5 Å². The molecule has 0 saturated carbocycles. The summed E-state index contributed by atoms with van der Waals surface area (Å²) in [6.07, 6.45) is 0.928. The number of nitrogens with one attached hydrogen (secondary N) is 2. The number of aromatic amines is 1. The first-order valence-electron chi connectivity index (χ1n) is 10.8. The van der Waals surface area contributed by atoms with Gasteiger partial charge in [0.25, 0.3) is 11.5 Å². The van der Waals surface area contributed by atoms with E-state index < -0.39 is 0 Å². The van der Waals surface area contributed by atoms with Crippen LogP contribution in [0.3, 0.4) is 0 Å². The van der Waals surface area contributed by atoms with E-state index in [9.17, 15) is 9.59 Å². The van der Waals surface area contributed by atoms with Gasteiger partial charge in [-0.1, -0.05) is 24.6 Å². The Hall–Kier alpha value is -2.88. The largest absolute Gasteiger partial charge is 0.321 e. The summed E-state index contributed by atoms with van der Waals surface area (Å²) >= 11 is 2.92. The fourth-order valence-electron chi connectivity index (χ4n) is 3.78. The number of rotatable bonds is 7. The Bertz CT molecular complexity index is 1390. The summed E-state index contributed by atoms with van der Waals surface area (Å²) in [5, 5.41) is 6.63. The number of benzene rings is 1. The maximum atomic E-state index is 13.0. The van der Waals surface area contributed by atoms with Crippen molar-refractivity contribution in [2.75, 3.05) is 12.4 Å². The fraction of sp³-hybridized carbons (Fsp3) is 0.333. The number of hydrogen-bond donors (Lipinski definition) is 2. The summed E-state index contributed by atoms with van der Waals surface area (Å²) in [5.41, 5.74) is 4.34. The van der Waals surface area contributed by atoms with E-state index in [-0.39, 0.29) is 11.5 Å².